The van der Waals surface area contributed by atoms with Gasteiger partial charge in [-0.1, -0.05) is 35.9 Å². The van der Waals surface area contributed by atoms with E-state index < -0.39 is 0 Å². The van der Waals surface area contributed by atoms with Crippen molar-refractivity contribution < 1.29 is 14.2 Å². The lowest BCUT2D eigenvalue weighted by Gasteiger charge is -2.13. The Hall–Kier alpha value is -4.38. The first-order chi connectivity index (χ1) is 17.6. The van der Waals surface area contributed by atoms with Crippen molar-refractivity contribution in [3.63, 3.8) is 0 Å². The number of nitrogens with zero attached hydrogens (tertiary/aromatic N) is 3. The van der Waals surface area contributed by atoms with E-state index in [2.05, 4.69) is 28.2 Å². The molecule has 1 fully saturated rings. The monoisotopic (exact) mass is 496 g/mol. The third-order valence-electron chi connectivity index (χ3n) is 5.64. The number of fused-ring (bicyclic) bond motifs is 2. The van der Waals surface area contributed by atoms with Gasteiger partial charge in [0.15, 0.2) is 0 Å². The van der Waals surface area contributed by atoms with Crippen LogP contribution in [-0.4, -0.2) is 23.7 Å². The van der Waals surface area contributed by atoms with Gasteiger partial charge in [-0.25, -0.2) is 4.98 Å². The minimum Gasteiger partial charge on any atom is -0.481 e. The molecule has 1 atom stereocenters. The molecule has 5 aromatic rings. The molecular weight excluding hydrogens is 476 g/mol. The Kier molecular flexibility index (Phi) is 6.54. The topological polar surface area (TPSA) is 107 Å². The lowest BCUT2D eigenvalue weighted by molar-refractivity contribution is 0.395. The van der Waals surface area contributed by atoms with E-state index in [9.17, 15) is 5.26 Å². The number of nitrogen functional groups attached to an aromatic ring is 1. The predicted molar refractivity (Wildman–Crippen MR) is 139 cm³/mol. The molecule has 7 nitrogen and oxygen atoms in total. The van der Waals surface area contributed by atoms with Crippen LogP contribution in [0.25, 0.3) is 21.8 Å². The molecule has 6 rings (SSSR count). The highest BCUT2D eigenvalue weighted by atomic mass is 35.5. The molecular formula is C28H21ClN4O3. The van der Waals surface area contributed by atoms with E-state index in [-0.39, 0.29) is 6.10 Å². The largest absolute Gasteiger partial charge is 0.481 e. The highest BCUT2D eigenvalue weighted by Gasteiger charge is 2.28. The molecule has 0 spiro atoms. The van der Waals surface area contributed by atoms with E-state index >= 15 is 0 Å². The number of ether oxygens (including phenoxy) is 3. The summed E-state index contributed by atoms with van der Waals surface area (Å²) in [5.41, 5.74) is 9.28. The van der Waals surface area contributed by atoms with Crippen LogP contribution < -0.4 is 15.2 Å². The zero-order chi connectivity index (χ0) is 25.1. The lowest BCUT2D eigenvalue weighted by Crippen LogP contribution is -1.96. The summed E-state index contributed by atoms with van der Waals surface area (Å²) in [6, 6.07) is 24.6. The molecule has 0 unspecified atom stereocenters. The van der Waals surface area contributed by atoms with Gasteiger partial charge in [-0.3, -0.25) is 4.98 Å². The van der Waals surface area contributed by atoms with Crippen molar-refractivity contribution in [1.29, 1.82) is 5.26 Å². The minimum absolute atomic E-state index is 0.0534. The van der Waals surface area contributed by atoms with Crippen LogP contribution in [0.2, 0.25) is 5.02 Å². The van der Waals surface area contributed by atoms with E-state index in [0.29, 0.717) is 51.2 Å². The van der Waals surface area contributed by atoms with Gasteiger partial charge in [-0.15, -0.1) is 0 Å². The second-order valence-corrected chi connectivity index (χ2v) is 8.44. The molecule has 2 N–H and O–H groups in total. The third kappa shape index (κ3) is 5.01. The van der Waals surface area contributed by atoms with E-state index in [1.807, 2.05) is 36.5 Å². The molecule has 8 heteroatoms. The Morgan fingerprint density at radius 1 is 1.06 bits per heavy atom. The zero-order valence-corrected chi connectivity index (χ0v) is 20.1. The summed E-state index contributed by atoms with van der Waals surface area (Å²) in [7, 11) is 1.53. The summed E-state index contributed by atoms with van der Waals surface area (Å²) in [5, 5.41) is 11.8. The second-order valence-electron chi connectivity index (χ2n) is 8.03. The number of anilines is 1. The maximum absolute atomic E-state index is 9.48. The number of benzene rings is 3. The number of pyridine rings is 2. The molecule has 3 aromatic carbocycles. The van der Waals surface area contributed by atoms with Gasteiger partial charge in [-0.05, 0) is 36.4 Å². The first kappa shape index (κ1) is 23.4. The fourth-order valence-electron chi connectivity index (χ4n) is 3.73. The average Bonchev–Trinajstić information content (AvgIpc) is 3.76. The number of rotatable bonds is 4. The summed E-state index contributed by atoms with van der Waals surface area (Å²) in [4.78, 5) is 8.64. The van der Waals surface area contributed by atoms with Crippen molar-refractivity contribution in [3.8, 4) is 23.4 Å². The summed E-state index contributed by atoms with van der Waals surface area (Å²) in [6.45, 7) is 0.609. The van der Waals surface area contributed by atoms with Crippen LogP contribution in [0, 0.1) is 11.3 Å². The van der Waals surface area contributed by atoms with E-state index in [1.165, 1.54) is 12.5 Å². The van der Waals surface area contributed by atoms with Crippen LogP contribution in [0.3, 0.4) is 0 Å². The molecule has 2 aromatic heterocycles. The smallest absolute Gasteiger partial charge is 0.217 e. The Bertz CT molecular complexity index is 1550. The number of nitriles is 1. The van der Waals surface area contributed by atoms with Crippen LogP contribution in [-0.2, 0) is 4.74 Å². The van der Waals surface area contributed by atoms with Crippen molar-refractivity contribution in [2.75, 3.05) is 19.5 Å². The number of halogens is 1. The highest BCUT2D eigenvalue weighted by molar-refractivity contribution is 6.33. The SMILES string of the molecule is COc1cc(Oc2ccc(N)c(Cl)c2)c2cc(C#N)c([C@H]3CO3)cc2n1.c1ccc2ncccc2c1. The number of hydrogen-bond acceptors (Lipinski definition) is 7. The molecule has 1 aliphatic rings. The highest BCUT2D eigenvalue weighted by Crippen LogP contribution is 2.39. The van der Waals surface area contributed by atoms with Crippen LogP contribution in [0.1, 0.15) is 17.2 Å². The van der Waals surface area contributed by atoms with Crippen LogP contribution >= 0.6 is 11.6 Å². The Balaban J connectivity index is 0.000000222. The fourth-order valence-corrected chi connectivity index (χ4v) is 3.90. The maximum atomic E-state index is 9.48. The van der Waals surface area contributed by atoms with Gasteiger partial charge >= 0.3 is 0 Å². The van der Waals surface area contributed by atoms with E-state index in [0.717, 1.165) is 11.1 Å². The quantitative estimate of drug-likeness (QED) is 0.225. The number of para-hydroxylation sites is 1. The van der Waals surface area contributed by atoms with Gasteiger partial charge in [0.1, 0.15) is 17.6 Å². The number of aromatic nitrogens is 2. The summed E-state index contributed by atoms with van der Waals surface area (Å²) < 4.78 is 16.6. The first-order valence-corrected chi connectivity index (χ1v) is 11.5. The standard InChI is InChI=1S/C19H14ClN3O3.C9H7N/c1-24-19-7-17(26-11-2-3-15(22)14(20)5-11)13-4-10(8-21)12(18-9-25-18)6-16(13)23-19;1-2-6-9-8(4-1)5-3-7-10-9/h2-7,18H,9,22H2,1H3;1-7H/t18-;/m1./s1. The van der Waals surface area contributed by atoms with E-state index in [1.54, 1.807) is 30.3 Å². The fraction of sp³-hybridized carbons (Fsp3) is 0.107. The summed E-state index contributed by atoms with van der Waals surface area (Å²) in [6.07, 6.45) is 1.75. The van der Waals surface area contributed by atoms with Crippen LogP contribution in [0.15, 0.2) is 79.0 Å². The molecule has 36 heavy (non-hydrogen) atoms. The molecule has 0 saturated carbocycles. The van der Waals surface area contributed by atoms with Crippen molar-refractivity contribution in [3.05, 3.63) is 95.1 Å². The Labute approximate surface area is 212 Å². The molecule has 1 saturated heterocycles. The number of epoxide rings is 1. The molecule has 0 bridgehead atoms. The molecule has 178 valence electrons. The van der Waals surface area contributed by atoms with Gasteiger partial charge in [0.05, 0.1) is 47.1 Å². The Morgan fingerprint density at radius 3 is 2.58 bits per heavy atom. The van der Waals surface area contributed by atoms with E-state index in [4.69, 9.17) is 31.5 Å². The van der Waals surface area contributed by atoms with Gasteiger partial charge < -0.3 is 19.9 Å². The van der Waals surface area contributed by atoms with Gasteiger partial charge in [0, 0.05) is 34.7 Å². The molecule has 1 aliphatic heterocycles. The molecule has 0 aliphatic carbocycles. The summed E-state index contributed by atoms with van der Waals surface area (Å²) in [5.74, 6) is 1.43. The first-order valence-electron chi connectivity index (χ1n) is 11.1. The van der Waals surface area contributed by atoms with Crippen molar-refractivity contribution in [2.45, 2.75) is 6.10 Å². The lowest BCUT2D eigenvalue weighted by atomic mass is 10.0. The maximum Gasteiger partial charge on any atom is 0.217 e. The number of methoxy groups -OCH3 is 1. The van der Waals surface area contributed by atoms with Crippen LogP contribution in [0.5, 0.6) is 17.4 Å². The normalized spacial score (nSPS) is 14.0. The van der Waals surface area contributed by atoms with Crippen molar-refractivity contribution in [2.24, 2.45) is 0 Å². The third-order valence-corrected chi connectivity index (χ3v) is 5.97. The van der Waals surface area contributed by atoms with Crippen LogP contribution in [0.4, 0.5) is 5.69 Å². The van der Waals surface area contributed by atoms with Crippen molar-refractivity contribution >= 4 is 39.1 Å². The Morgan fingerprint density at radius 2 is 1.86 bits per heavy atom. The zero-order valence-electron chi connectivity index (χ0n) is 19.3. The molecule has 3 heterocycles. The summed E-state index contributed by atoms with van der Waals surface area (Å²) >= 11 is 6.07. The van der Waals surface area contributed by atoms with Gasteiger partial charge in [-0.2, -0.15) is 5.26 Å². The average molecular weight is 497 g/mol. The van der Waals surface area contributed by atoms with Crippen molar-refractivity contribution in [1.82, 2.24) is 9.97 Å². The molecule has 0 amide bonds. The minimum atomic E-state index is -0.0534. The molecule has 0 radical (unpaired) electrons. The van der Waals surface area contributed by atoms with Gasteiger partial charge in [0.2, 0.25) is 5.88 Å². The predicted octanol–water partition coefficient (Wildman–Crippen LogP) is 6.45. The number of nitrogens with two attached hydrogens (primary N) is 1. The number of hydrogen-bond donors (Lipinski definition) is 1. The van der Waals surface area contributed by atoms with Gasteiger partial charge in [0.25, 0.3) is 0 Å². The second kappa shape index (κ2) is 10.1.